The molecule has 0 aromatic rings. The Bertz CT molecular complexity index is 617. The zero-order valence-electron chi connectivity index (χ0n) is 21.0. The van der Waals surface area contributed by atoms with Gasteiger partial charge in [0.25, 0.3) is 0 Å². The maximum Gasteiger partial charge on any atom is 0.0591 e. The second kappa shape index (κ2) is 8.89. The topological polar surface area (TPSA) is 40.5 Å². The highest BCUT2D eigenvalue weighted by molar-refractivity contribution is 5.26. The molecular weight excluding hydrogens is 368 g/mol. The maximum atomic E-state index is 10.3. The molecule has 0 aliphatic heterocycles. The first kappa shape index (κ1) is 24.3. The number of hydrogen-bond acceptors (Lipinski definition) is 2. The predicted molar refractivity (Wildman–Crippen MR) is 127 cm³/mol. The van der Waals surface area contributed by atoms with Gasteiger partial charge in [0.05, 0.1) is 11.7 Å². The van der Waals surface area contributed by atoms with Crippen LogP contribution in [0.3, 0.4) is 0 Å². The van der Waals surface area contributed by atoms with Crippen molar-refractivity contribution >= 4 is 0 Å². The van der Waals surface area contributed by atoms with E-state index in [9.17, 15) is 10.2 Å². The third kappa shape index (κ3) is 4.29. The molecule has 2 N–H and O–H groups in total. The third-order valence-electron chi connectivity index (χ3n) is 9.95. The largest absolute Gasteiger partial charge is 0.393 e. The molecule has 3 saturated carbocycles. The molecule has 0 aromatic heterocycles. The molecule has 2 nitrogen and oxygen atoms in total. The molecule has 0 heterocycles. The van der Waals surface area contributed by atoms with Crippen LogP contribution in [-0.4, -0.2) is 21.9 Å². The van der Waals surface area contributed by atoms with Crippen molar-refractivity contribution in [3.63, 3.8) is 0 Å². The van der Waals surface area contributed by atoms with Crippen LogP contribution in [0.2, 0.25) is 0 Å². The molecule has 4 rings (SSSR count). The number of fused-ring (bicyclic) bond motifs is 5. The van der Waals surface area contributed by atoms with Gasteiger partial charge in [0.15, 0.2) is 0 Å². The summed E-state index contributed by atoms with van der Waals surface area (Å²) >= 11 is 0. The molecule has 0 radical (unpaired) electrons. The zero-order valence-corrected chi connectivity index (χ0v) is 21.0. The molecule has 0 spiro atoms. The highest BCUT2D eigenvalue weighted by Gasteiger charge is 2.59. The number of aliphatic hydroxyl groups excluding tert-OH is 1. The summed E-state index contributed by atoms with van der Waals surface area (Å²) in [5.41, 5.74) is 1.92. The van der Waals surface area contributed by atoms with Crippen LogP contribution in [0.5, 0.6) is 0 Å². The van der Waals surface area contributed by atoms with Gasteiger partial charge < -0.3 is 10.2 Å². The Kier molecular flexibility index (Phi) is 7.20. The van der Waals surface area contributed by atoms with Crippen molar-refractivity contribution in [3.05, 3.63) is 11.6 Å². The molecule has 30 heavy (non-hydrogen) atoms. The first-order valence-electron chi connectivity index (χ1n) is 13.2. The molecule has 2 heteroatoms. The van der Waals surface area contributed by atoms with E-state index in [4.69, 9.17) is 0 Å². The van der Waals surface area contributed by atoms with Gasteiger partial charge in [-0.25, -0.2) is 0 Å². The highest BCUT2D eigenvalue weighted by Crippen LogP contribution is 2.67. The van der Waals surface area contributed by atoms with Crippen LogP contribution in [0, 0.1) is 40.4 Å². The summed E-state index contributed by atoms with van der Waals surface area (Å²) in [6.07, 6.45) is 14.6. The van der Waals surface area contributed by atoms with Crippen LogP contribution in [0.25, 0.3) is 0 Å². The quantitative estimate of drug-likeness (QED) is 0.476. The van der Waals surface area contributed by atoms with Crippen molar-refractivity contribution < 1.29 is 10.2 Å². The standard InChI is InChI=1S/C26H44O2.C2H6/c1-17-15-19-16-20(27)10-13-26(19,5)22-11-14-25(4)18(7-6-12-24(2,3)28)8-9-21(25)23(17)22;1-2/h15,17-18,20-23,27-28H,6-14,16H2,1-5H3;1-2H3. The van der Waals surface area contributed by atoms with Gasteiger partial charge in [-0.05, 0) is 112 Å². The van der Waals surface area contributed by atoms with E-state index in [0.29, 0.717) is 16.7 Å². The van der Waals surface area contributed by atoms with E-state index in [1.165, 1.54) is 44.9 Å². The van der Waals surface area contributed by atoms with E-state index < -0.39 is 5.60 Å². The Morgan fingerprint density at radius 1 is 1.03 bits per heavy atom. The molecule has 0 amide bonds. The Morgan fingerprint density at radius 3 is 2.40 bits per heavy atom. The Morgan fingerprint density at radius 2 is 1.73 bits per heavy atom. The van der Waals surface area contributed by atoms with Crippen molar-refractivity contribution in [1.82, 2.24) is 0 Å². The van der Waals surface area contributed by atoms with Gasteiger partial charge in [-0.3, -0.25) is 0 Å². The van der Waals surface area contributed by atoms with Gasteiger partial charge in [0.2, 0.25) is 0 Å². The lowest BCUT2D eigenvalue weighted by molar-refractivity contribution is -0.0679. The minimum absolute atomic E-state index is 0.108. The van der Waals surface area contributed by atoms with E-state index in [-0.39, 0.29) is 6.10 Å². The van der Waals surface area contributed by atoms with Gasteiger partial charge in [-0.1, -0.05) is 52.7 Å². The maximum absolute atomic E-state index is 10.3. The molecule has 8 atom stereocenters. The molecule has 0 aromatic carbocycles. The lowest BCUT2D eigenvalue weighted by Crippen LogP contribution is -2.52. The summed E-state index contributed by atoms with van der Waals surface area (Å²) in [6, 6.07) is 0. The van der Waals surface area contributed by atoms with Crippen LogP contribution in [-0.2, 0) is 0 Å². The lowest BCUT2D eigenvalue weighted by Gasteiger charge is -2.59. The second-order valence-electron chi connectivity index (χ2n) is 12.2. The number of aliphatic hydroxyl groups is 2. The number of hydrogen-bond donors (Lipinski definition) is 2. The number of allylic oxidation sites excluding steroid dienone is 1. The van der Waals surface area contributed by atoms with Crippen molar-refractivity contribution in [3.8, 4) is 0 Å². The van der Waals surface area contributed by atoms with Crippen molar-refractivity contribution in [1.29, 1.82) is 0 Å². The van der Waals surface area contributed by atoms with Gasteiger partial charge >= 0.3 is 0 Å². The van der Waals surface area contributed by atoms with Crippen molar-refractivity contribution in [2.45, 2.75) is 124 Å². The molecule has 0 bridgehead atoms. The van der Waals surface area contributed by atoms with E-state index in [2.05, 4.69) is 26.8 Å². The predicted octanol–water partition coefficient (Wildman–Crippen LogP) is 7.14. The van der Waals surface area contributed by atoms with Crippen LogP contribution in [0.4, 0.5) is 0 Å². The van der Waals surface area contributed by atoms with E-state index in [0.717, 1.165) is 42.9 Å². The van der Waals surface area contributed by atoms with Gasteiger partial charge in [-0.2, -0.15) is 0 Å². The second-order valence-corrected chi connectivity index (χ2v) is 12.2. The van der Waals surface area contributed by atoms with E-state index in [1.807, 2.05) is 27.7 Å². The first-order valence-corrected chi connectivity index (χ1v) is 13.2. The monoisotopic (exact) mass is 418 g/mol. The fourth-order valence-electron chi connectivity index (χ4n) is 8.36. The first-order chi connectivity index (χ1) is 14.0. The molecule has 174 valence electrons. The Hall–Kier alpha value is -0.340. The molecule has 0 saturated heterocycles. The average molecular weight is 419 g/mol. The van der Waals surface area contributed by atoms with Gasteiger partial charge in [0, 0.05) is 0 Å². The summed E-state index contributed by atoms with van der Waals surface area (Å²) in [5.74, 6) is 4.04. The molecule has 8 unspecified atom stereocenters. The van der Waals surface area contributed by atoms with Gasteiger partial charge in [-0.15, -0.1) is 0 Å². The Balaban J connectivity index is 0.00000124. The lowest BCUT2D eigenvalue weighted by atomic mass is 9.45. The fraction of sp³-hybridized carbons (Fsp3) is 0.929. The summed E-state index contributed by atoms with van der Waals surface area (Å²) in [7, 11) is 0. The van der Waals surface area contributed by atoms with E-state index >= 15 is 0 Å². The summed E-state index contributed by atoms with van der Waals surface area (Å²) in [6.45, 7) is 15.5. The summed E-state index contributed by atoms with van der Waals surface area (Å²) in [5, 5.41) is 20.4. The average Bonchev–Trinajstić information content (AvgIpc) is 3.00. The van der Waals surface area contributed by atoms with E-state index in [1.54, 1.807) is 5.57 Å². The van der Waals surface area contributed by atoms with Crippen LogP contribution < -0.4 is 0 Å². The van der Waals surface area contributed by atoms with Crippen LogP contribution in [0.1, 0.15) is 113 Å². The van der Waals surface area contributed by atoms with Crippen molar-refractivity contribution in [2.24, 2.45) is 40.4 Å². The zero-order chi connectivity index (χ0) is 22.3. The van der Waals surface area contributed by atoms with Crippen molar-refractivity contribution in [2.75, 3.05) is 0 Å². The molecule has 3 fully saturated rings. The molecular formula is C28H50O2. The smallest absolute Gasteiger partial charge is 0.0591 e. The minimum atomic E-state index is -0.518. The summed E-state index contributed by atoms with van der Waals surface area (Å²) < 4.78 is 0. The van der Waals surface area contributed by atoms with Crippen LogP contribution >= 0.6 is 0 Å². The van der Waals surface area contributed by atoms with Crippen LogP contribution in [0.15, 0.2) is 11.6 Å². The molecule has 4 aliphatic rings. The molecule has 4 aliphatic carbocycles. The fourth-order valence-corrected chi connectivity index (χ4v) is 8.36. The Labute approximate surface area is 186 Å². The van der Waals surface area contributed by atoms with Gasteiger partial charge in [0.1, 0.15) is 0 Å². The number of rotatable bonds is 4. The summed E-state index contributed by atoms with van der Waals surface area (Å²) in [4.78, 5) is 0. The SMILES string of the molecule is CC.CC1C=C2CC(O)CCC2(C)C2CCC3(C)C(CCCC(C)(C)O)CCC3C12. The normalized spacial score (nSPS) is 45.4. The highest BCUT2D eigenvalue weighted by atomic mass is 16.3. The third-order valence-corrected chi connectivity index (χ3v) is 9.95. The minimum Gasteiger partial charge on any atom is -0.393 e.